The van der Waals surface area contributed by atoms with E-state index in [-0.39, 0.29) is 5.56 Å². The van der Waals surface area contributed by atoms with Crippen molar-refractivity contribution in [1.29, 1.82) is 0 Å². The SMILES string of the molecule is CCCN1CCc2nc3ccccc3c(C(=O)OC(C)C(=O)Nc3ccc(C(=O)O)cc3)c2C1. The van der Waals surface area contributed by atoms with E-state index in [2.05, 4.69) is 17.1 Å². The highest BCUT2D eigenvalue weighted by Crippen LogP contribution is 2.29. The number of anilines is 1. The number of ether oxygens (including phenoxy) is 1. The van der Waals surface area contributed by atoms with Gasteiger partial charge in [0.15, 0.2) is 6.10 Å². The highest BCUT2D eigenvalue weighted by atomic mass is 16.5. The zero-order valence-corrected chi connectivity index (χ0v) is 19.2. The number of nitrogens with zero attached hydrogens (tertiary/aromatic N) is 2. The second-order valence-electron chi connectivity index (χ2n) is 8.37. The molecule has 2 heterocycles. The molecule has 2 N–H and O–H groups in total. The van der Waals surface area contributed by atoms with Gasteiger partial charge in [-0.15, -0.1) is 0 Å². The van der Waals surface area contributed by atoms with Crippen molar-refractivity contribution in [2.75, 3.05) is 18.4 Å². The lowest BCUT2D eigenvalue weighted by Gasteiger charge is -2.29. The van der Waals surface area contributed by atoms with Gasteiger partial charge in [-0.3, -0.25) is 14.7 Å². The third-order valence-corrected chi connectivity index (χ3v) is 5.92. The fourth-order valence-corrected chi connectivity index (χ4v) is 4.20. The van der Waals surface area contributed by atoms with E-state index in [9.17, 15) is 14.4 Å². The maximum atomic E-state index is 13.4. The summed E-state index contributed by atoms with van der Waals surface area (Å²) in [7, 11) is 0. The number of para-hydroxylation sites is 1. The van der Waals surface area contributed by atoms with Crippen LogP contribution in [0.15, 0.2) is 48.5 Å². The number of aromatic carboxylic acids is 1. The van der Waals surface area contributed by atoms with Crippen molar-refractivity contribution in [3.8, 4) is 0 Å². The Morgan fingerprint density at radius 2 is 1.88 bits per heavy atom. The highest BCUT2D eigenvalue weighted by Gasteiger charge is 2.28. The Labute approximate surface area is 197 Å². The Hall–Kier alpha value is -3.78. The van der Waals surface area contributed by atoms with E-state index in [1.54, 1.807) is 0 Å². The zero-order valence-electron chi connectivity index (χ0n) is 19.2. The van der Waals surface area contributed by atoms with Crippen LogP contribution in [0.1, 0.15) is 52.2 Å². The van der Waals surface area contributed by atoms with Gasteiger partial charge in [-0.25, -0.2) is 9.59 Å². The molecule has 1 amide bonds. The predicted molar refractivity (Wildman–Crippen MR) is 128 cm³/mol. The molecule has 2 aromatic carbocycles. The summed E-state index contributed by atoms with van der Waals surface area (Å²) in [5, 5.41) is 12.4. The van der Waals surface area contributed by atoms with Crippen molar-refractivity contribution in [2.24, 2.45) is 0 Å². The number of carboxylic acids is 1. The van der Waals surface area contributed by atoms with E-state index in [0.717, 1.165) is 42.7 Å². The van der Waals surface area contributed by atoms with Crippen LogP contribution in [0.5, 0.6) is 0 Å². The Balaban J connectivity index is 1.56. The molecule has 4 rings (SSSR count). The van der Waals surface area contributed by atoms with E-state index in [4.69, 9.17) is 14.8 Å². The quantitative estimate of drug-likeness (QED) is 0.514. The second kappa shape index (κ2) is 10.0. The zero-order chi connectivity index (χ0) is 24.2. The minimum absolute atomic E-state index is 0.115. The van der Waals surface area contributed by atoms with Gasteiger partial charge < -0.3 is 15.2 Å². The first-order valence-corrected chi connectivity index (χ1v) is 11.4. The summed E-state index contributed by atoms with van der Waals surface area (Å²) in [5.41, 5.74) is 3.48. The van der Waals surface area contributed by atoms with Gasteiger partial charge in [0.1, 0.15) is 0 Å². The predicted octanol–water partition coefficient (Wildman–Crippen LogP) is 3.89. The van der Waals surface area contributed by atoms with Crippen molar-refractivity contribution in [2.45, 2.75) is 39.3 Å². The van der Waals surface area contributed by atoms with Gasteiger partial charge in [0, 0.05) is 41.8 Å². The van der Waals surface area contributed by atoms with Crippen LogP contribution in [0.4, 0.5) is 5.69 Å². The summed E-state index contributed by atoms with van der Waals surface area (Å²) in [5.74, 6) is -2.11. The average molecular weight is 462 g/mol. The topological polar surface area (TPSA) is 109 Å². The molecule has 0 saturated heterocycles. The first kappa shape index (κ1) is 23.4. The Morgan fingerprint density at radius 1 is 1.15 bits per heavy atom. The van der Waals surface area contributed by atoms with Gasteiger partial charge in [0.2, 0.25) is 0 Å². The van der Waals surface area contributed by atoms with E-state index in [1.165, 1.54) is 31.2 Å². The van der Waals surface area contributed by atoms with Gasteiger partial charge in [-0.2, -0.15) is 0 Å². The van der Waals surface area contributed by atoms with Crippen molar-refractivity contribution < 1.29 is 24.2 Å². The summed E-state index contributed by atoms with van der Waals surface area (Å²) in [6.07, 6.45) is 0.716. The molecule has 0 spiro atoms. The average Bonchev–Trinajstić information content (AvgIpc) is 2.83. The second-order valence-corrected chi connectivity index (χ2v) is 8.37. The summed E-state index contributed by atoms with van der Waals surface area (Å²) >= 11 is 0. The molecule has 3 aromatic rings. The minimum Gasteiger partial charge on any atom is -0.478 e. The number of pyridine rings is 1. The molecule has 1 aliphatic heterocycles. The number of hydrogen-bond donors (Lipinski definition) is 2. The Morgan fingerprint density at radius 3 is 2.59 bits per heavy atom. The molecule has 1 atom stereocenters. The number of carbonyl (C=O) groups is 3. The number of carbonyl (C=O) groups excluding carboxylic acids is 2. The smallest absolute Gasteiger partial charge is 0.339 e. The molecule has 1 aromatic heterocycles. The standard InChI is InChI=1S/C26H27N3O5/c1-3-13-29-14-12-22-20(15-29)23(19-6-4-5-7-21(19)28-22)26(33)34-16(2)24(30)27-18-10-8-17(9-11-18)25(31)32/h4-11,16H,3,12-15H2,1-2H3,(H,27,30)(H,31,32). The summed E-state index contributed by atoms with van der Waals surface area (Å²) in [6, 6.07) is 13.2. The van der Waals surface area contributed by atoms with Gasteiger partial charge in [-0.1, -0.05) is 25.1 Å². The number of hydrogen-bond acceptors (Lipinski definition) is 6. The monoisotopic (exact) mass is 461 g/mol. The van der Waals surface area contributed by atoms with Crippen LogP contribution >= 0.6 is 0 Å². The van der Waals surface area contributed by atoms with E-state index < -0.39 is 23.9 Å². The number of benzene rings is 2. The van der Waals surface area contributed by atoms with Crippen molar-refractivity contribution in [3.05, 3.63) is 70.9 Å². The van der Waals surface area contributed by atoms with Gasteiger partial charge in [0.25, 0.3) is 5.91 Å². The first-order valence-electron chi connectivity index (χ1n) is 11.4. The van der Waals surface area contributed by atoms with Crippen molar-refractivity contribution >= 4 is 34.4 Å². The molecule has 176 valence electrons. The van der Waals surface area contributed by atoms with Crippen molar-refractivity contribution in [3.63, 3.8) is 0 Å². The third-order valence-electron chi connectivity index (χ3n) is 5.92. The molecule has 1 aliphatic rings. The molecule has 8 heteroatoms. The van der Waals surface area contributed by atoms with Crippen LogP contribution in [0.25, 0.3) is 10.9 Å². The molecule has 34 heavy (non-hydrogen) atoms. The van der Waals surface area contributed by atoms with Crippen LogP contribution in [-0.2, 0) is 22.5 Å². The molecule has 0 aliphatic carbocycles. The fourth-order valence-electron chi connectivity index (χ4n) is 4.20. The number of fused-ring (bicyclic) bond motifs is 2. The van der Waals surface area contributed by atoms with E-state index in [0.29, 0.717) is 23.2 Å². The summed E-state index contributed by atoms with van der Waals surface area (Å²) in [4.78, 5) is 44.1. The first-order chi connectivity index (χ1) is 16.4. The summed E-state index contributed by atoms with van der Waals surface area (Å²) in [6.45, 7) is 6.07. The molecular formula is C26H27N3O5. The molecule has 0 saturated carbocycles. The van der Waals surface area contributed by atoms with E-state index in [1.807, 2.05) is 24.3 Å². The number of esters is 1. The van der Waals surface area contributed by atoms with Crippen LogP contribution in [-0.4, -0.2) is 52.0 Å². The van der Waals surface area contributed by atoms with E-state index >= 15 is 0 Å². The lowest BCUT2D eigenvalue weighted by atomic mass is 9.95. The molecule has 8 nitrogen and oxygen atoms in total. The highest BCUT2D eigenvalue weighted by molar-refractivity contribution is 6.06. The molecule has 1 unspecified atom stereocenters. The molecule has 0 bridgehead atoms. The molecule has 0 fully saturated rings. The maximum absolute atomic E-state index is 13.4. The number of nitrogens with one attached hydrogen (secondary N) is 1. The lowest BCUT2D eigenvalue weighted by molar-refractivity contribution is -0.123. The van der Waals surface area contributed by atoms with Crippen molar-refractivity contribution in [1.82, 2.24) is 9.88 Å². The van der Waals surface area contributed by atoms with Crippen LogP contribution in [0, 0.1) is 0 Å². The Bertz CT molecular complexity index is 1240. The Kier molecular flexibility index (Phi) is 6.88. The van der Waals surface area contributed by atoms with Crippen LogP contribution in [0.3, 0.4) is 0 Å². The van der Waals surface area contributed by atoms with Gasteiger partial charge in [0.05, 0.1) is 16.6 Å². The number of aromatic nitrogens is 1. The lowest BCUT2D eigenvalue weighted by Crippen LogP contribution is -2.34. The normalized spacial score (nSPS) is 14.3. The largest absolute Gasteiger partial charge is 0.478 e. The third kappa shape index (κ3) is 4.92. The van der Waals surface area contributed by atoms with Gasteiger partial charge in [-0.05, 0) is 50.2 Å². The number of carboxylic acid groups (broad SMARTS) is 1. The molecular weight excluding hydrogens is 434 g/mol. The number of amides is 1. The van der Waals surface area contributed by atoms with Crippen LogP contribution in [0.2, 0.25) is 0 Å². The maximum Gasteiger partial charge on any atom is 0.339 e. The number of rotatable bonds is 7. The minimum atomic E-state index is -1.05. The van der Waals surface area contributed by atoms with Gasteiger partial charge >= 0.3 is 11.9 Å². The molecule has 0 radical (unpaired) electrons. The van der Waals surface area contributed by atoms with Crippen LogP contribution < -0.4 is 5.32 Å². The summed E-state index contributed by atoms with van der Waals surface area (Å²) < 4.78 is 5.61. The fraction of sp³-hybridized carbons (Fsp3) is 0.308.